The Kier molecular flexibility index (Phi) is 10.9. The Hall–Kier alpha value is -1.67. The minimum absolute atomic E-state index is 0.213. The van der Waals surface area contributed by atoms with Crippen molar-refractivity contribution in [1.29, 1.82) is 0 Å². The number of aliphatic imine (C=N–C) groups is 1. The summed E-state index contributed by atoms with van der Waals surface area (Å²) in [5.74, 6) is 3.48. The number of rotatable bonds is 12. The molecule has 0 spiro atoms. The first-order valence-electron chi connectivity index (χ1n) is 9.44. The first kappa shape index (κ1) is 22.4. The van der Waals surface area contributed by atoms with E-state index in [9.17, 15) is 5.11 Å². The number of aryl methyl sites for hydroxylation is 1. The molecular formula is C18H36N6O2. The molecule has 26 heavy (non-hydrogen) atoms. The highest BCUT2D eigenvalue weighted by molar-refractivity contribution is 5.79. The van der Waals surface area contributed by atoms with Crippen molar-refractivity contribution in [2.45, 2.75) is 46.6 Å². The lowest BCUT2D eigenvalue weighted by atomic mass is 9.94. The number of aromatic nitrogens is 3. The van der Waals surface area contributed by atoms with Gasteiger partial charge in [-0.2, -0.15) is 0 Å². The van der Waals surface area contributed by atoms with Crippen LogP contribution in [-0.4, -0.2) is 59.2 Å². The zero-order chi connectivity index (χ0) is 19.4. The second-order valence-corrected chi connectivity index (χ2v) is 7.05. The standard InChI is InChI=1S/C18H36N6O2/c1-14(2)11-16(7-9-25)12-20-18(19-8-6-10-26-5)21-13-17-23-22-15(3)24(17)4/h14,16,25H,6-13H2,1-5H3,(H2,19,20,21). The van der Waals surface area contributed by atoms with Crippen molar-refractivity contribution in [2.24, 2.45) is 23.9 Å². The molecule has 0 aliphatic carbocycles. The molecule has 0 aliphatic heterocycles. The van der Waals surface area contributed by atoms with Crippen LogP contribution in [0.5, 0.6) is 0 Å². The van der Waals surface area contributed by atoms with E-state index in [0.717, 1.165) is 50.0 Å². The lowest BCUT2D eigenvalue weighted by molar-refractivity contribution is 0.195. The van der Waals surface area contributed by atoms with E-state index < -0.39 is 0 Å². The third-order valence-corrected chi connectivity index (χ3v) is 4.28. The molecule has 0 aliphatic rings. The van der Waals surface area contributed by atoms with Gasteiger partial charge in [-0.15, -0.1) is 10.2 Å². The van der Waals surface area contributed by atoms with Gasteiger partial charge >= 0.3 is 0 Å². The summed E-state index contributed by atoms with van der Waals surface area (Å²) in [6.07, 6.45) is 2.78. The number of hydrogen-bond donors (Lipinski definition) is 3. The van der Waals surface area contributed by atoms with Crippen LogP contribution in [0.3, 0.4) is 0 Å². The van der Waals surface area contributed by atoms with Gasteiger partial charge in [0.05, 0.1) is 0 Å². The van der Waals surface area contributed by atoms with Crippen molar-refractivity contribution in [3.05, 3.63) is 11.6 Å². The molecule has 3 N–H and O–H groups in total. The van der Waals surface area contributed by atoms with Gasteiger partial charge in [0.15, 0.2) is 11.8 Å². The fraction of sp³-hybridized carbons (Fsp3) is 0.833. The number of ether oxygens (including phenoxy) is 1. The predicted molar refractivity (Wildman–Crippen MR) is 104 cm³/mol. The van der Waals surface area contributed by atoms with E-state index >= 15 is 0 Å². The van der Waals surface area contributed by atoms with Crippen molar-refractivity contribution >= 4 is 5.96 Å². The number of hydrogen-bond acceptors (Lipinski definition) is 5. The number of aliphatic hydroxyl groups is 1. The third-order valence-electron chi connectivity index (χ3n) is 4.28. The fourth-order valence-electron chi connectivity index (χ4n) is 2.73. The van der Waals surface area contributed by atoms with Crippen molar-refractivity contribution in [2.75, 3.05) is 33.4 Å². The van der Waals surface area contributed by atoms with Crippen LogP contribution in [0.4, 0.5) is 0 Å². The summed E-state index contributed by atoms with van der Waals surface area (Å²) in [7, 11) is 3.65. The molecule has 1 atom stereocenters. The molecular weight excluding hydrogens is 332 g/mol. The van der Waals surface area contributed by atoms with Gasteiger partial charge in [0.1, 0.15) is 12.4 Å². The fourth-order valence-corrected chi connectivity index (χ4v) is 2.73. The van der Waals surface area contributed by atoms with Gasteiger partial charge < -0.3 is 25.0 Å². The highest BCUT2D eigenvalue weighted by Gasteiger charge is 2.12. The average Bonchev–Trinajstić information content (AvgIpc) is 2.91. The Bertz CT molecular complexity index is 530. The quantitative estimate of drug-likeness (QED) is 0.292. The van der Waals surface area contributed by atoms with Gasteiger partial charge in [0, 0.05) is 40.5 Å². The molecule has 0 aromatic carbocycles. The smallest absolute Gasteiger partial charge is 0.191 e. The van der Waals surface area contributed by atoms with Crippen LogP contribution in [0.1, 0.15) is 44.8 Å². The normalized spacial score (nSPS) is 13.3. The van der Waals surface area contributed by atoms with Gasteiger partial charge in [0.2, 0.25) is 0 Å². The highest BCUT2D eigenvalue weighted by atomic mass is 16.5. The SMILES string of the molecule is COCCCNC(=NCc1nnc(C)n1C)NCC(CCO)CC(C)C. The number of guanidine groups is 1. The Balaban J connectivity index is 2.66. The lowest BCUT2D eigenvalue weighted by Gasteiger charge is -2.20. The minimum atomic E-state index is 0.213. The van der Waals surface area contributed by atoms with Crippen molar-refractivity contribution in [3.63, 3.8) is 0 Å². The second kappa shape index (κ2) is 12.6. The van der Waals surface area contributed by atoms with E-state index in [1.165, 1.54) is 0 Å². The molecule has 1 unspecified atom stereocenters. The number of methoxy groups -OCH3 is 1. The monoisotopic (exact) mass is 368 g/mol. The van der Waals surface area contributed by atoms with E-state index in [4.69, 9.17) is 4.74 Å². The number of aliphatic hydroxyl groups excluding tert-OH is 1. The predicted octanol–water partition coefficient (Wildman–Crippen LogP) is 1.24. The molecule has 150 valence electrons. The van der Waals surface area contributed by atoms with Gasteiger partial charge in [-0.1, -0.05) is 13.8 Å². The van der Waals surface area contributed by atoms with Crippen LogP contribution in [0.2, 0.25) is 0 Å². The highest BCUT2D eigenvalue weighted by Crippen LogP contribution is 2.14. The summed E-state index contributed by atoms with van der Waals surface area (Å²) in [5.41, 5.74) is 0. The van der Waals surface area contributed by atoms with Crippen molar-refractivity contribution in [3.8, 4) is 0 Å². The average molecular weight is 369 g/mol. The van der Waals surface area contributed by atoms with E-state index in [1.54, 1.807) is 7.11 Å². The third kappa shape index (κ3) is 8.62. The van der Waals surface area contributed by atoms with Crippen LogP contribution in [0.25, 0.3) is 0 Å². The van der Waals surface area contributed by atoms with Crippen molar-refractivity contribution in [1.82, 2.24) is 25.4 Å². The zero-order valence-electron chi connectivity index (χ0n) is 17.0. The number of nitrogens with zero attached hydrogens (tertiary/aromatic N) is 4. The summed E-state index contributed by atoms with van der Waals surface area (Å²) < 4.78 is 7.04. The maximum Gasteiger partial charge on any atom is 0.191 e. The van der Waals surface area contributed by atoms with Crippen LogP contribution in [-0.2, 0) is 18.3 Å². The van der Waals surface area contributed by atoms with Gasteiger partial charge in [-0.3, -0.25) is 0 Å². The molecule has 0 saturated carbocycles. The lowest BCUT2D eigenvalue weighted by Crippen LogP contribution is -2.41. The topological polar surface area (TPSA) is 96.6 Å². The van der Waals surface area contributed by atoms with Crippen LogP contribution in [0, 0.1) is 18.8 Å². The second-order valence-electron chi connectivity index (χ2n) is 7.05. The van der Waals surface area contributed by atoms with E-state index in [1.807, 2.05) is 18.5 Å². The van der Waals surface area contributed by atoms with Gasteiger partial charge in [-0.05, 0) is 38.0 Å². The summed E-state index contributed by atoms with van der Waals surface area (Å²) >= 11 is 0. The molecule has 1 aromatic rings. The molecule has 0 bridgehead atoms. The van der Waals surface area contributed by atoms with E-state index in [2.05, 4.69) is 39.7 Å². The molecule has 0 fully saturated rings. The zero-order valence-corrected chi connectivity index (χ0v) is 17.0. The largest absolute Gasteiger partial charge is 0.396 e. The molecule has 1 aromatic heterocycles. The number of nitrogens with one attached hydrogen (secondary N) is 2. The maximum atomic E-state index is 9.29. The minimum Gasteiger partial charge on any atom is -0.396 e. The molecule has 1 rings (SSSR count). The van der Waals surface area contributed by atoms with Crippen LogP contribution < -0.4 is 10.6 Å². The summed E-state index contributed by atoms with van der Waals surface area (Å²) in [5, 5.41) is 24.3. The molecule has 0 amide bonds. The van der Waals surface area contributed by atoms with Crippen molar-refractivity contribution < 1.29 is 9.84 Å². The molecule has 1 heterocycles. The first-order chi connectivity index (χ1) is 12.5. The Morgan fingerprint density at radius 1 is 1.31 bits per heavy atom. The molecule has 0 saturated heterocycles. The first-order valence-corrected chi connectivity index (χ1v) is 9.44. The van der Waals surface area contributed by atoms with E-state index in [0.29, 0.717) is 25.0 Å². The Morgan fingerprint density at radius 3 is 2.65 bits per heavy atom. The molecule has 8 nitrogen and oxygen atoms in total. The van der Waals surface area contributed by atoms with Crippen LogP contribution >= 0.6 is 0 Å². The van der Waals surface area contributed by atoms with Gasteiger partial charge in [-0.25, -0.2) is 4.99 Å². The molecule has 8 heteroatoms. The maximum absolute atomic E-state index is 9.29. The summed E-state index contributed by atoms with van der Waals surface area (Å²) in [4.78, 5) is 4.64. The Labute approximate surface area is 157 Å². The summed E-state index contributed by atoms with van der Waals surface area (Å²) in [6, 6.07) is 0. The molecule has 0 radical (unpaired) electrons. The van der Waals surface area contributed by atoms with E-state index in [-0.39, 0.29) is 6.61 Å². The van der Waals surface area contributed by atoms with Gasteiger partial charge in [0.25, 0.3) is 0 Å². The van der Waals surface area contributed by atoms with Crippen LogP contribution in [0.15, 0.2) is 4.99 Å². The Morgan fingerprint density at radius 2 is 2.08 bits per heavy atom. The summed E-state index contributed by atoms with van der Waals surface area (Å²) in [6.45, 7) is 9.30.